The number of carbonyl (C=O) groups excluding carboxylic acids is 1. The molecule has 5 nitrogen and oxygen atoms in total. The summed E-state index contributed by atoms with van der Waals surface area (Å²) in [5, 5.41) is 12.1. The first-order valence-electron chi connectivity index (χ1n) is 7.31. The number of nitrogens with one attached hydrogen (secondary N) is 1. The Bertz CT molecular complexity index is 555. The highest BCUT2D eigenvalue weighted by atomic mass is 19.1. The Morgan fingerprint density at radius 2 is 2.00 bits per heavy atom. The average molecular weight is 309 g/mol. The molecule has 1 fully saturated rings. The van der Waals surface area contributed by atoms with Gasteiger partial charge < -0.3 is 15.2 Å². The second-order valence-corrected chi connectivity index (χ2v) is 5.69. The summed E-state index contributed by atoms with van der Waals surface area (Å²) in [6.45, 7) is 2.26. The first-order chi connectivity index (χ1) is 10.4. The maximum absolute atomic E-state index is 13.6. The van der Waals surface area contributed by atoms with Gasteiger partial charge in [-0.25, -0.2) is 9.18 Å². The van der Waals surface area contributed by atoms with Crippen molar-refractivity contribution in [2.45, 2.75) is 31.7 Å². The lowest BCUT2D eigenvalue weighted by atomic mass is 9.88. The third kappa shape index (κ3) is 3.62. The molecule has 1 unspecified atom stereocenters. The second-order valence-electron chi connectivity index (χ2n) is 5.69. The van der Waals surface area contributed by atoms with E-state index in [2.05, 4.69) is 5.32 Å². The molecule has 0 spiro atoms. The molecule has 22 heavy (non-hydrogen) atoms. The molecule has 0 bridgehead atoms. The van der Waals surface area contributed by atoms with Gasteiger partial charge in [0, 0.05) is 32.0 Å². The molecule has 2 rings (SSSR count). The van der Waals surface area contributed by atoms with Crippen molar-refractivity contribution in [3.05, 3.63) is 35.6 Å². The van der Waals surface area contributed by atoms with Gasteiger partial charge in [-0.3, -0.25) is 4.79 Å². The Balaban J connectivity index is 2.04. The van der Waals surface area contributed by atoms with Crippen molar-refractivity contribution < 1.29 is 23.8 Å². The lowest BCUT2D eigenvalue weighted by Gasteiger charge is -2.34. The molecule has 0 saturated carbocycles. The lowest BCUT2D eigenvalue weighted by molar-refractivity contribution is -0.152. The van der Waals surface area contributed by atoms with Crippen LogP contribution in [0.2, 0.25) is 0 Å². The number of benzene rings is 1. The van der Waals surface area contributed by atoms with Gasteiger partial charge in [0.05, 0.1) is 0 Å². The fraction of sp³-hybridized carbons (Fsp3) is 0.500. The van der Waals surface area contributed by atoms with E-state index < -0.39 is 17.4 Å². The van der Waals surface area contributed by atoms with Crippen LogP contribution in [-0.4, -0.2) is 35.7 Å². The molecular weight excluding hydrogens is 289 g/mol. The van der Waals surface area contributed by atoms with Crippen molar-refractivity contribution in [3.63, 3.8) is 0 Å². The fourth-order valence-corrected chi connectivity index (χ4v) is 2.56. The number of carboxylic acid groups (broad SMARTS) is 1. The third-order valence-corrected chi connectivity index (χ3v) is 4.05. The number of halogens is 1. The van der Waals surface area contributed by atoms with Crippen LogP contribution in [0.25, 0.3) is 0 Å². The van der Waals surface area contributed by atoms with Gasteiger partial charge in [0.1, 0.15) is 11.4 Å². The van der Waals surface area contributed by atoms with Gasteiger partial charge in [-0.1, -0.05) is 25.1 Å². The molecule has 1 amide bonds. The lowest BCUT2D eigenvalue weighted by Crippen LogP contribution is -2.58. The van der Waals surface area contributed by atoms with Crippen molar-refractivity contribution in [1.82, 2.24) is 5.32 Å². The number of carboxylic acids is 1. The van der Waals surface area contributed by atoms with Gasteiger partial charge in [0.15, 0.2) is 0 Å². The van der Waals surface area contributed by atoms with Crippen molar-refractivity contribution in [3.8, 4) is 0 Å². The molecule has 1 aromatic rings. The summed E-state index contributed by atoms with van der Waals surface area (Å²) in [5.74, 6) is -2.31. The molecule has 2 N–H and O–H groups in total. The van der Waals surface area contributed by atoms with Crippen molar-refractivity contribution in [2.75, 3.05) is 13.2 Å². The van der Waals surface area contributed by atoms with E-state index in [0.717, 1.165) is 0 Å². The maximum atomic E-state index is 13.6. The highest BCUT2D eigenvalue weighted by Crippen LogP contribution is 2.22. The highest BCUT2D eigenvalue weighted by Gasteiger charge is 2.42. The topological polar surface area (TPSA) is 75.6 Å². The highest BCUT2D eigenvalue weighted by molar-refractivity contribution is 5.88. The summed E-state index contributed by atoms with van der Waals surface area (Å²) in [7, 11) is 0. The maximum Gasteiger partial charge on any atom is 0.329 e. The number of amides is 1. The van der Waals surface area contributed by atoms with Crippen LogP contribution in [0, 0.1) is 11.7 Å². The van der Waals surface area contributed by atoms with Gasteiger partial charge in [-0.15, -0.1) is 0 Å². The molecular formula is C16H20FNO4. The molecule has 1 aromatic carbocycles. The Hall–Kier alpha value is -1.95. The van der Waals surface area contributed by atoms with E-state index >= 15 is 0 Å². The second kappa shape index (κ2) is 6.87. The monoisotopic (exact) mass is 309 g/mol. The van der Waals surface area contributed by atoms with Crippen LogP contribution in [0.15, 0.2) is 24.3 Å². The molecule has 120 valence electrons. The van der Waals surface area contributed by atoms with Crippen molar-refractivity contribution in [1.29, 1.82) is 0 Å². The minimum absolute atomic E-state index is 0.227. The van der Waals surface area contributed by atoms with Crippen LogP contribution in [-0.2, 0) is 20.7 Å². The van der Waals surface area contributed by atoms with Gasteiger partial charge in [0.25, 0.3) is 0 Å². The Kier molecular flexibility index (Phi) is 5.13. The molecule has 1 saturated heterocycles. The Morgan fingerprint density at radius 3 is 2.59 bits per heavy atom. The first-order valence-corrected chi connectivity index (χ1v) is 7.31. The number of ether oxygens (including phenoxy) is 1. The zero-order chi connectivity index (χ0) is 16.2. The summed E-state index contributed by atoms with van der Waals surface area (Å²) >= 11 is 0. The fourth-order valence-electron chi connectivity index (χ4n) is 2.56. The number of hydrogen-bond donors (Lipinski definition) is 2. The molecule has 1 aliphatic heterocycles. The summed E-state index contributed by atoms with van der Waals surface area (Å²) in [6, 6.07) is 6.27. The largest absolute Gasteiger partial charge is 0.480 e. The first kappa shape index (κ1) is 16.4. The molecule has 6 heteroatoms. The standard InChI is InChI=1S/C16H20FNO4/c1-11(10-12-4-2-3-5-13(12)17)14(19)18-16(15(20)21)6-8-22-9-7-16/h2-5,11H,6-10H2,1H3,(H,18,19)(H,20,21). The number of aliphatic carboxylic acids is 1. The Labute approximate surface area is 128 Å². The van der Waals surface area contributed by atoms with Gasteiger partial charge in [-0.2, -0.15) is 0 Å². The third-order valence-electron chi connectivity index (χ3n) is 4.05. The van der Waals surface area contributed by atoms with Crippen LogP contribution < -0.4 is 5.32 Å². The zero-order valence-electron chi connectivity index (χ0n) is 12.5. The molecule has 0 radical (unpaired) electrons. The predicted molar refractivity (Wildman–Crippen MR) is 77.8 cm³/mol. The molecule has 0 aromatic heterocycles. The number of carbonyl (C=O) groups is 2. The van der Waals surface area contributed by atoms with E-state index in [9.17, 15) is 19.1 Å². The quantitative estimate of drug-likeness (QED) is 0.869. The van der Waals surface area contributed by atoms with Crippen LogP contribution >= 0.6 is 0 Å². The van der Waals surface area contributed by atoms with Gasteiger partial charge in [0.2, 0.25) is 5.91 Å². The summed E-state index contributed by atoms with van der Waals surface area (Å²) in [4.78, 5) is 23.8. The Morgan fingerprint density at radius 1 is 1.36 bits per heavy atom. The van der Waals surface area contributed by atoms with Crippen LogP contribution in [0.3, 0.4) is 0 Å². The molecule has 1 aliphatic rings. The summed E-state index contributed by atoms with van der Waals surface area (Å²) < 4.78 is 18.8. The van der Waals surface area contributed by atoms with Gasteiger partial charge >= 0.3 is 5.97 Å². The normalized spacial score (nSPS) is 18.5. The summed E-state index contributed by atoms with van der Waals surface area (Å²) in [5.41, 5.74) is -0.833. The number of hydrogen-bond acceptors (Lipinski definition) is 3. The van der Waals surface area contributed by atoms with Crippen LogP contribution in [0.5, 0.6) is 0 Å². The van der Waals surface area contributed by atoms with Gasteiger partial charge in [-0.05, 0) is 18.1 Å². The minimum Gasteiger partial charge on any atom is -0.480 e. The summed E-state index contributed by atoms with van der Waals surface area (Å²) in [6.07, 6.45) is 0.700. The number of rotatable bonds is 5. The van der Waals surface area contributed by atoms with Crippen molar-refractivity contribution in [2.24, 2.45) is 5.92 Å². The molecule has 0 aliphatic carbocycles. The average Bonchev–Trinajstić information content (AvgIpc) is 2.50. The van der Waals surface area contributed by atoms with E-state index in [1.54, 1.807) is 25.1 Å². The minimum atomic E-state index is -1.28. The van der Waals surface area contributed by atoms with E-state index in [0.29, 0.717) is 18.8 Å². The van der Waals surface area contributed by atoms with Crippen LogP contribution in [0.1, 0.15) is 25.3 Å². The smallest absolute Gasteiger partial charge is 0.329 e. The van der Waals surface area contributed by atoms with Crippen LogP contribution in [0.4, 0.5) is 4.39 Å². The SMILES string of the molecule is CC(Cc1ccccc1F)C(=O)NC1(C(=O)O)CCOCC1. The van der Waals surface area contributed by atoms with E-state index in [1.165, 1.54) is 6.07 Å². The predicted octanol–water partition coefficient (Wildman–Crippen LogP) is 1.75. The molecule has 1 atom stereocenters. The van der Waals surface area contributed by atoms with E-state index in [4.69, 9.17) is 4.74 Å². The van der Waals surface area contributed by atoms with Crippen molar-refractivity contribution >= 4 is 11.9 Å². The van der Waals surface area contributed by atoms with E-state index in [-0.39, 0.29) is 31.0 Å². The zero-order valence-corrected chi connectivity index (χ0v) is 12.5. The van der Waals surface area contributed by atoms with E-state index in [1.807, 2.05) is 0 Å². The molecule has 1 heterocycles.